The third-order valence-corrected chi connectivity index (χ3v) is 3.35. The number of primary amides is 1. The summed E-state index contributed by atoms with van der Waals surface area (Å²) in [7, 11) is 0. The molecule has 0 aliphatic carbocycles. The molecule has 0 saturated heterocycles. The number of phenols is 1. The van der Waals surface area contributed by atoms with Gasteiger partial charge in [0.1, 0.15) is 5.75 Å². The van der Waals surface area contributed by atoms with Gasteiger partial charge in [0.15, 0.2) is 0 Å². The molecule has 0 unspecified atom stereocenters. The second kappa shape index (κ2) is 7.93. The Morgan fingerprint density at radius 1 is 1.13 bits per heavy atom. The fourth-order valence-electron chi connectivity index (χ4n) is 2.20. The Balaban J connectivity index is 1.85. The Kier molecular flexibility index (Phi) is 5.68. The molecule has 6 nitrogen and oxygen atoms in total. The van der Waals surface area contributed by atoms with Crippen LogP contribution in [-0.2, 0) is 28.9 Å². The molecule has 23 heavy (non-hydrogen) atoms. The van der Waals surface area contributed by atoms with Crippen LogP contribution in [0.1, 0.15) is 16.8 Å². The molecular weight excluding hydrogens is 294 g/mol. The fraction of sp³-hybridized carbons (Fsp3) is 0.235. The van der Waals surface area contributed by atoms with Gasteiger partial charge in [0.25, 0.3) is 0 Å². The normalized spacial score (nSPS) is 10.3. The van der Waals surface area contributed by atoms with E-state index in [4.69, 9.17) is 5.73 Å². The van der Waals surface area contributed by atoms with Crippen molar-refractivity contribution in [3.63, 3.8) is 0 Å². The number of carbonyl (C=O) groups excluding carboxylic acids is 2. The number of amides is 2. The summed E-state index contributed by atoms with van der Waals surface area (Å²) in [5, 5.41) is 12.0. The lowest BCUT2D eigenvalue weighted by molar-refractivity contribution is -0.120. The largest absolute Gasteiger partial charge is 0.508 e. The van der Waals surface area contributed by atoms with E-state index in [0.717, 1.165) is 5.56 Å². The van der Waals surface area contributed by atoms with Crippen LogP contribution in [0.2, 0.25) is 0 Å². The number of hydrogen-bond acceptors (Lipinski definition) is 4. The van der Waals surface area contributed by atoms with Gasteiger partial charge in [0.05, 0.1) is 18.5 Å². The number of nitrogens with two attached hydrogens (primary N) is 1. The molecule has 1 aromatic carbocycles. The summed E-state index contributed by atoms with van der Waals surface area (Å²) in [5.74, 6) is -0.392. The Bertz CT molecular complexity index is 684. The lowest BCUT2D eigenvalue weighted by Crippen LogP contribution is -2.28. The van der Waals surface area contributed by atoms with Crippen LogP contribution in [0.4, 0.5) is 0 Å². The number of pyridine rings is 1. The predicted octanol–water partition coefficient (Wildman–Crippen LogP) is 0.716. The zero-order valence-corrected chi connectivity index (χ0v) is 12.7. The topological polar surface area (TPSA) is 105 Å². The number of nitrogens with zero attached hydrogens (tertiary/aromatic N) is 1. The lowest BCUT2D eigenvalue weighted by Gasteiger charge is -2.08. The van der Waals surface area contributed by atoms with Gasteiger partial charge >= 0.3 is 0 Å². The first-order chi connectivity index (χ1) is 11.0. The van der Waals surface area contributed by atoms with Gasteiger partial charge in [-0.15, -0.1) is 0 Å². The summed E-state index contributed by atoms with van der Waals surface area (Å²) in [6.45, 7) is 0.495. The zero-order chi connectivity index (χ0) is 16.7. The molecule has 2 rings (SSSR count). The van der Waals surface area contributed by atoms with Crippen LogP contribution in [0.25, 0.3) is 0 Å². The molecule has 1 heterocycles. The molecule has 0 bridgehead atoms. The van der Waals surface area contributed by atoms with Crippen LogP contribution in [0, 0.1) is 0 Å². The third-order valence-electron chi connectivity index (χ3n) is 3.35. The molecule has 0 fully saturated rings. The summed E-state index contributed by atoms with van der Waals surface area (Å²) in [4.78, 5) is 27.1. The molecular formula is C17H19N3O3. The maximum Gasteiger partial charge on any atom is 0.224 e. The maximum atomic E-state index is 12.0. The second-order valence-electron chi connectivity index (χ2n) is 5.20. The van der Waals surface area contributed by atoms with Crippen molar-refractivity contribution in [2.75, 3.05) is 6.54 Å². The molecule has 0 radical (unpaired) electrons. The van der Waals surface area contributed by atoms with Crippen LogP contribution in [0.15, 0.2) is 42.6 Å². The van der Waals surface area contributed by atoms with Gasteiger partial charge in [0, 0.05) is 12.7 Å². The van der Waals surface area contributed by atoms with Crippen LogP contribution in [-0.4, -0.2) is 28.4 Å². The minimum atomic E-state index is -0.474. The van der Waals surface area contributed by atoms with Gasteiger partial charge in [-0.2, -0.15) is 0 Å². The van der Waals surface area contributed by atoms with Crippen molar-refractivity contribution in [3.8, 4) is 5.75 Å². The number of hydrogen-bond donors (Lipinski definition) is 3. The molecule has 0 saturated carbocycles. The van der Waals surface area contributed by atoms with E-state index in [0.29, 0.717) is 24.2 Å². The van der Waals surface area contributed by atoms with E-state index >= 15 is 0 Å². The van der Waals surface area contributed by atoms with E-state index in [-0.39, 0.29) is 24.5 Å². The highest BCUT2D eigenvalue weighted by atomic mass is 16.3. The Labute approximate surface area is 134 Å². The fourth-order valence-corrected chi connectivity index (χ4v) is 2.20. The molecule has 4 N–H and O–H groups in total. The first kappa shape index (κ1) is 16.5. The van der Waals surface area contributed by atoms with Gasteiger partial charge in [-0.3, -0.25) is 14.6 Å². The molecule has 120 valence electrons. The minimum Gasteiger partial charge on any atom is -0.508 e. The van der Waals surface area contributed by atoms with Gasteiger partial charge in [-0.25, -0.2) is 0 Å². The average Bonchev–Trinajstić information content (AvgIpc) is 2.51. The van der Waals surface area contributed by atoms with Crippen molar-refractivity contribution >= 4 is 11.8 Å². The van der Waals surface area contributed by atoms with Gasteiger partial charge in [-0.1, -0.05) is 18.2 Å². The van der Waals surface area contributed by atoms with Crippen molar-refractivity contribution in [1.82, 2.24) is 10.3 Å². The molecule has 2 amide bonds. The SMILES string of the molecule is NC(=O)Cc1ncccc1CC(=O)NCCc1ccc(O)cc1. The number of phenolic OH excluding ortho intramolecular Hbond substituents is 1. The lowest BCUT2D eigenvalue weighted by atomic mass is 10.1. The number of aromatic hydroxyl groups is 1. The molecule has 6 heteroatoms. The zero-order valence-electron chi connectivity index (χ0n) is 12.7. The van der Waals surface area contributed by atoms with Crippen LogP contribution in [0.5, 0.6) is 5.75 Å². The van der Waals surface area contributed by atoms with E-state index in [1.165, 1.54) is 0 Å². The highest BCUT2D eigenvalue weighted by Crippen LogP contribution is 2.10. The van der Waals surface area contributed by atoms with Crippen LogP contribution < -0.4 is 11.1 Å². The number of aromatic nitrogens is 1. The van der Waals surface area contributed by atoms with Crippen molar-refractivity contribution in [1.29, 1.82) is 0 Å². The quantitative estimate of drug-likeness (QED) is 0.700. The highest BCUT2D eigenvalue weighted by Gasteiger charge is 2.10. The smallest absolute Gasteiger partial charge is 0.224 e. The third kappa shape index (κ3) is 5.43. The molecule has 0 aliphatic heterocycles. The standard InChI is InChI=1S/C17H19N3O3/c18-16(22)11-15-13(2-1-8-19-15)10-17(23)20-9-7-12-3-5-14(21)6-4-12/h1-6,8,21H,7,9-11H2,(H2,18,22)(H,20,23). The van der Waals surface area contributed by atoms with Crippen molar-refractivity contribution in [2.45, 2.75) is 19.3 Å². The summed E-state index contributed by atoms with van der Waals surface area (Å²) >= 11 is 0. The number of nitrogens with one attached hydrogen (secondary N) is 1. The Morgan fingerprint density at radius 3 is 2.57 bits per heavy atom. The molecule has 1 aromatic heterocycles. The van der Waals surface area contributed by atoms with Gasteiger partial charge in [-0.05, 0) is 35.7 Å². The van der Waals surface area contributed by atoms with E-state index in [2.05, 4.69) is 10.3 Å². The summed E-state index contributed by atoms with van der Waals surface area (Å²) in [6.07, 6.45) is 2.43. The number of benzene rings is 1. The molecule has 2 aromatic rings. The van der Waals surface area contributed by atoms with E-state index in [1.807, 2.05) is 12.1 Å². The molecule has 0 atom stereocenters. The number of carbonyl (C=O) groups is 2. The summed E-state index contributed by atoms with van der Waals surface area (Å²) in [5.41, 5.74) is 7.45. The van der Waals surface area contributed by atoms with E-state index in [1.54, 1.807) is 30.5 Å². The monoisotopic (exact) mass is 313 g/mol. The average molecular weight is 313 g/mol. The number of rotatable bonds is 7. The van der Waals surface area contributed by atoms with E-state index < -0.39 is 5.91 Å². The Morgan fingerprint density at radius 2 is 1.87 bits per heavy atom. The van der Waals surface area contributed by atoms with Crippen LogP contribution in [0.3, 0.4) is 0 Å². The van der Waals surface area contributed by atoms with Gasteiger partial charge in [0.2, 0.25) is 11.8 Å². The van der Waals surface area contributed by atoms with Crippen molar-refractivity contribution in [2.24, 2.45) is 5.73 Å². The second-order valence-corrected chi connectivity index (χ2v) is 5.20. The highest BCUT2D eigenvalue weighted by molar-refractivity contribution is 5.80. The predicted molar refractivity (Wildman–Crippen MR) is 85.7 cm³/mol. The molecule has 0 aliphatic rings. The van der Waals surface area contributed by atoms with Crippen molar-refractivity contribution in [3.05, 3.63) is 59.4 Å². The van der Waals surface area contributed by atoms with E-state index in [9.17, 15) is 14.7 Å². The first-order valence-electron chi connectivity index (χ1n) is 7.30. The molecule has 0 spiro atoms. The Hall–Kier alpha value is -2.89. The van der Waals surface area contributed by atoms with Gasteiger partial charge < -0.3 is 16.2 Å². The minimum absolute atomic E-state index is 0.0248. The summed E-state index contributed by atoms with van der Waals surface area (Å²) in [6, 6.07) is 10.3. The first-order valence-corrected chi connectivity index (χ1v) is 7.30. The summed E-state index contributed by atoms with van der Waals surface area (Å²) < 4.78 is 0. The van der Waals surface area contributed by atoms with Crippen molar-refractivity contribution < 1.29 is 14.7 Å². The van der Waals surface area contributed by atoms with Crippen LogP contribution >= 0.6 is 0 Å². The maximum absolute atomic E-state index is 12.0.